The highest BCUT2D eigenvalue weighted by atomic mass is 79.9. The molecule has 3 nitrogen and oxygen atoms in total. The van der Waals surface area contributed by atoms with Crippen molar-refractivity contribution >= 4 is 27.5 Å². The molecule has 2 N–H and O–H groups in total. The van der Waals surface area contributed by atoms with E-state index in [1.807, 2.05) is 26.0 Å². The largest absolute Gasteiger partial charge is 0.374 e. The molecule has 1 aliphatic rings. The molecule has 0 saturated heterocycles. The van der Waals surface area contributed by atoms with E-state index in [2.05, 4.69) is 32.6 Å². The molecular weight excluding hydrogens is 316 g/mol. The van der Waals surface area contributed by atoms with E-state index in [-0.39, 0.29) is 11.9 Å². The Morgan fingerprint density at radius 1 is 1.30 bits per heavy atom. The van der Waals surface area contributed by atoms with E-state index < -0.39 is 0 Å². The fraction of sp³-hybridized carbons (Fsp3) is 0.562. The summed E-state index contributed by atoms with van der Waals surface area (Å²) in [5, 5.41) is 6.42. The summed E-state index contributed by atoms with van der Waals surface area (Å²) in [6.07, 6.45) is 6.02. The number of amides is 1. The topological polar surface area (TPSA) is 41.1 Å². The third-order valence-electron chi connectivity index (χ3n) is 3.89. The fourth-order valence-corrected chi connectivity index (χ4v) is 2.87. The number of anilines is 1. The summed E-state index contributed by atoms with van der Waals surface area (Å²) in [4.78, 5) is 12.2. The molecule has 4 heteroatoms. The van der Waals surface area contributed by atoms with E-state index in [0.29, 0.717) is 6.04 Å². The van der Waals surface area contributed by atoms with Crippen LogP contribution in [-0.4, -0.2) is 18.0 Å². The van der Waals surface area contributed by atoms with Gasteiger partial charge in [-0.1, -0.05) is 35.2 Å². The van der Waals surface area contributed by atoms with Crippen LogP contribution in [0.3, 0.4) is 0 Å². The lowest BCUT2D eigenvalue weighted by Gasteiger charge is -2.25. The van der Waals surface area contributed by atoms with Crippen LogP contribution in [0.4, 0.5) is 5.69 Å². The van der Waals surface area contributed by atoms with Crippen molar-refractivity contribution in [2.24, 2.45) is 0 Å². The molecule has 0 spiro atoms. The van der Waals surface area contributed by atoms with Gasteiger partial charge in [0.2, 0.25) is 5.91 Å². The number of hydrogen-bond donors (Lipinski definition) is 2. The van der Waals surface area contributed by atoms with Crippen LogP contribution in [0.5, 0.6) is 0 Å². The molecule has 1 aromatic carbocycles. The van der Waals surface area contributed by atoms with E-state index in [9.17, 15) is 4.79 Å². The van der Waals surface area contributed by atoms with Crippen molar-refractivity contribution in [3.8, 4) is 0 Å². The number of carbonyl (C=O) groups excluding carboxylic acids is 1. The molecule has 1 atom stereocenters. The first kappa shape index (κ1) is 15.4. The second-order valence-electron chi connectivity index (χ2n) is 5.67. The Kier molecular flexibility index (Phi) is 5.46. The third-order valence-corrected chi connectivity index (χ3v) is 4.78. The van der Waals surface area contributed by atoms with Gasteiger partial charge in [0.05, 0.1) is 0 Å². The molecule has 0 aromatic heterocycles. The zero-order chi connectivity index (χ0) is 14.5. The van der Waals surface area contributed by atoms with Gasteiger partial charge in [0, 0.05) is 16.2 Å². The minimum absolute atomic E-state index is 0.0949. The SMILES string of the molecule is Cc1cc(NC(C)C(=O)NC2CCCCC2)ccc1Br. The molecule has 110 valence electrons. The quantitative estimate of drug-likeness (QED) is 0.870. The molecule has 1 unspecified atom stereocenters. The Morgan fingerprint density at radius 3 is 2.65 bits per heavy atom. The molecule has 1 saturated carbocycles. The molecule has 0 bridgehead atoms. The summed E-state index contributed by atoms with van der Waals surface area (Å²) in [6.45, 7) is 3.96. The van der Waals surface area contributed by atoms with Crippen LogP contribution in [0.1, 0.15) is 44.6 Å². The number of halogens is 1. The fourth-order valence-electron chi connectivity index (χ4n) is 2.62. The molecule has 1 aromatic rings. The molecular formula is C16H23BrN2O. The standard InChI is InChI=1S/C16H23BrN2O/c1-11-10-14(8-9-15(11)17)18-12(2)16(20)19-13-6-4-3-5-7-13/h8-10,12-13,18H,3-7H2,1-2H3,(H,19,20). The minimum atomic E-state index is -0.211. The van der Waals surface area contributed by atoms with Gasteiger partial charge in [0.25, 0.3) is 0 Å². The third kappa shape index (κ3) is 4.23. The Labute approximate surface area is 129 Å². The maximum Gasteiger partial charge on any atom is 0.242 e. The monoisotopic (exact) mass is 338 g/mol. The molecule has 20 heavy (non-hydrogen) atoms. The Hall–Kier alpha value is -1.03. The van der Waals surface area contributed by atoms with E-state index in [1.54, 1.807) is 0 Å². The highest BCUT2D eigenvalue weighted by Gasteiger charge is 2.19. The first-order valence-electron chi connectivity index (χ1n) is 7.39. The molecule has 1 aliphatic carbocycles. The average molecular weight is 339 g/mol. The molecule has 2 rings (SSSR count). The normalized spacial score (nSPS) is 17.6. The minimum Gasteiger partial charge on any atom is -0.374 e. The molecule has 0 aliphatic heterocycles. The first-order chi connectivity index (χ1) is 9.56. The summed E-state index contributed by atoms with van der Waals surface area (Å²) in [5.74, 6) is 0.0949. The van der Waals surface area contributed by atoms with Gasteiger partial charge in [-0.2, -0.15) is 0 Å². The summed E-state index contributed by atoms with van der Waals surface area (Å²) >= 11 is 3.48. The van der Waals surface area contributed by atoms with Gasteiger partial charge in [-0.3, -0.25) is 4.79 Å². The molecule has 0 heterocycles. The van der Waals surface area contributed by atoms with Gasteiger partial charge in [0.15, 0.2) is 0 Å². The lowest BCUT2D eigenvalue weighted by molar-refractivity contribution is -0.122. The van der Waals surface area contributed by atoms with Crippen LogP contribution >= 0.6 is 15.9 Å². The Balaban J connectivity index is 1.88. The summed E-state index contributed by atoms with van der Waals surface area (Å²) in [5.41, 5.74) is 2.15. The second kappa shape index (κ2) is 7.11. The molecule has 1 fully saturated rings. The van der Waals surface area contributed by atoms with Gasteiger partial charge < -0.3 is 10.6 Å². The number of rotatable bonds is 4. The predicted octanol–water partition coefficient (Wildman–Crippen LogP) is 4.01. The van der Waals surface area contributed by atoms with Gasteiger partial charge >= 0.3 is 0 Å². The van der Waals surface area contributed by atoms with E-state index in [4.69, 9.17) is 0 Å². The second-order valence-corrected chi connectivity index (χ2v) is 6.53. The van der Waals surface area contributed by atoms with Crippen molar-refractivity contribution in [1.29, 1.82) is 0 Å². The van der Waals surface area contributed by atoms with Crippen LogP contribution in [0.25, 0.3) is 0 Å². The summed E-state index contributed by atoms with van der Waals surface area (Å²) in [6, 6.07) is 6.20. The molecule has 0 radical (unpaired) electrons. The molecule has 1 amide bonds. The van der Waals surface area contributed by atoms with E-state index in [0.717, 1.165) is 28.6 Å². The first-order valence-corrected chi connectivity index (χ1v) is 8.18. The lowest BCUT2D eigenvalue weighted by Crippen LogP contribution is -2.44. The number of carbonyl (C=O) groups is 1. The Bertz CT molecular complexity index is 470. The van der Waals surface area contributed by atoms with Gasteiger partial charge in [-0.25, -0.2) is 0 Å². The number of aryl methyl sites for hydroxylation is 1. The van der Waals surface area contributed by atoms with Crippen LogP contribution in [0.2, 0.25) is 0 Å². The summed E-state index contributed by atoms with van der Waals surface area (Å²) in [7, 11) is 0. The van der Waals surface area contributed by atoms with Crippen LogP contribution < -0.4 is 10.6 Å². The van der Waals surface area contributed by atoms with E-state index in [1.165, 1.54) is 19.3 Å². The van der Waals surface area contributed by atoms with Crippen LogP contribution in [0.15, 0.2) is 22.7 Å². The van der Waals surface area contributed by atoms with Gasteiger partial charge in [-0.15, -0.1) is 0 Å². The average Bonchev–Trinajstić information content (AvgIpc) is 2.44. The predicted molar refractivity (Wildman–Crippen MR) is 87.0 cm³/mol. The number of nitrogens with one attached hydrogen (secondary N) is 2. The van der Waals surface area contributed by atoms with Gasteiger partial charge in [-0.05, 0) is 50.5 Å². The van der Waals surface area contributed by atoms with Crippen molar-refractivity contribution in [2.75, 3.05) is 5.32 Å². The van der Waals surface area contributed by atoms with Crippen molar-refractivity contribution in [2.45, 2.75) is 58.0 Å². The zero-order valence-corrected chi connectivity index (χ0v) is 13.8. The lowest BCUT2D eigenvalue weighted by atomic mass is 9.95. The maximum atomic E-state index is 12.2. The number of benzene rings is 1. The smallest absolute Gasteiger partial charge is 0.242 e. The summed E-state index contributed by atoms with van der Waals surface area (Å²) < 4.78 is 1.09. The van der Waals surface area contributed by atoms with Crippen molar-refractivity contribution < 1.29 is 4.79 Å². The van der Waals surface area contributed by atoms with Crippen LogP contribution in [0, 0.1) is 6.92 Å². The highest BCUT2D eigenvalue weighted by molar-refractivity contribution is 9.10. The Morgan fingerprint density at radius 2 is 2.00 bits per heavy atom. The zero-order valence-electron chi connectivity index (χ0n) is 12.2. The van der Waals surface area contributed by atoms with Crippen molar-refractivity contribution in [3.63, 3.8) is 0 Å². The van der Waals surface area contributed by atoms with Crippen molar-refractivity contribution in [3.05, 3.63) is 28.2 Å². The maximum absolute atomic E-state index is 12.2. The van der Waals surface area contributed by atoms with E-state index >= 15 is 0 Å². The van der Waals surface area contributed by atoms with Crippen LogP contribution in [-0.2, 0) is 4.79 Å². The van der Waals surface area contributed by atoms with Gasteiger partial charge in [0.1, 0.15) is 6.04 Å². The van der Waals surface area contributed by atoms with Crippen molar-refractivity contribution in [1.82, 2.24) is 5.32 Å². The highest BCUT2D eigenvalue weighted by Crippen LogP contribution is 2.21. The number of hydrogen-bond acceptors (Lipinski definition) is 2.